The van der Waals surface area contributed by atoms with Crippen LogP contribution in [-0.2, 0) is 4.79 Å². The monoisotopic (exact) mass is 288 g/mol. The van der Waals surface area contributed by atoms with E-state index in [9.17, 15) is 9.59 Å². The molecule has 0 spiro atoms. The minimum atomic E-state index is -0.0961. The Morgan fingerprint density at radius 2 is 2.05 bits per heavy atom. The second-order valence-corrected chi connectivity index (χ2v) is 5.07. The highest BCUT2D eigenvalue weighted by Gasteiger charge is 2.05. The van der Waals surface area contributed by atoms with E-state index in [0.29, 0.717) is 24.9 Å². The van der Waals surface area contributed by atoms with Gasteiger partial charge in [0.2, 0.25) is 5.91 Å². The van der Waals surface area contributed by atoms with Crippen LogP contribution in [0.25, 0.3) is 0 Å². The molecule has 0 aliphatic rings. The normalized spacial score (nSPS) is 11.1. The number of hydrogen-bond acceptors (Lipinski definition) is 2. The maximum atomic E-state index is 11.9. The van der Waals surface area contributed by atoms with Crippen molar-refractivity contribution in [2.24, 2.45) is 0 Å². The lowest BCUT2D eigenvalue weighted by atomic mass is 10.1. The van der Waals surface area contributed by atoms with Crippen LogP contribution >= 0.6 is 0 Å². The summed E-state index contributed by atoms with van der Waals surface area (Å²) in [6.07, 6.45) is 3.90. The lowest BCUT2D eigenvalue weighted by molar-refractivity contribution is -0.120. The molecule has 0 saturated carbocycles. The number of carbonyl (C=O) groups excluding carboxylic acids is 2. The van der Waals surface area contributed by atoms with Gasteiger partial charge in [0.25, 0.3) is 5.91 Å². The SMILES string of the molecule is CC/C=C(\C)NC(=O)CCCNC(=O)c1cccc(C)c1. The molecule has 0 bridgehead atoms. The Bertz CT molecular complexity index is 521. The Balaban J connectivity index is 2.26. The van der Waals surface area contributed by atoms with E-state index in [1.54, 1.807) is 6.07 Å². The predicted octanol–water partition coefficient (Wildman–Crippen LogP) is 2.94. The Hall–Kier alpha value is -2.10. The summed E-state index contributed by atoms with van der Waals surface area (Å²) in [6.45, 7) is 6.35. The van der Waals surface area contributed by atoms with Crippen molar-refractivity contribution in [3.05, 3.63) is 47.2 Å². The molecule has 21 heavy (non-hydrogen) atoms. The number of allylic oxidation sites excluding steroid dienone is 2. The Labute approximate surface area is 126 Å². The van der Waals surface area contributed by atoms with Crippen LogP contribution in [0.5, 0.6) is 0 Å². The zero-order valence-corrected chi connectivity index (χ0v) is 13.0. The second kappa shape index (κ2) is 8.95. The quantitative estimate of drug-likeness (QED) is 0.758. The van der Waals surface area contributed by atoms with E-state index in [1.807, 2.05) is 45.0 Å². The van der Waals surface area contributed by atoms with Gasteiger partial charge in [-0.2, -0.15) is 0 Å². The van der Waals surface area contributed by atoms with Gasteiger partial charge < -0.3 is 10.6 Å². The molecule has 1 aromatic rings. The molecule has 0 aliphatic carbocycles. The lowest BCUT2D eigenvalue weighted by Gasteiger charge is -2.07. The molecule has 1 aromatic carbocycles. The summed E-state index contributed by atoms with van der Waals surface area (Å²) < 4.78 is 0. The maximum Gasteiger partial charge on any atom is 0.251 e. The third-order valence-electron chi connectivity index (χ3n) is 2.99. The first-order chi connectivity index (χ1) is 10.0. The highest BCUT2D eigenvalue weighted by molar-refractivity contribution is 5.94. The van der Waals surface area contributed by atoms with Gasteiger partial charge in [0.05, 0.1) is 0 Å². The van der Waals surface area contributed by atoms with E-state index in [0.717, 1.165) is 17.7 Å². The van der Waals surface area contributed by atoms with Gasteiger partial charge in [-0.1, -0.05) is 30.7 Å². The van der Waals surface area contributed by atoms with E-state index >= 15 is 0 Å². The number of nitrogens with one attached hydrogen (secondary N) is 2. The summed E-state index contributed by atoms with van der Waals surface area (Å²) >= 11 is 0. The van der Waals surface area contributed by atoms with E-state index in [1.165, 1.54) is 0 Å². The molecular weight excluding hydrogens is 264 g/mol. The van der Waals surface area contributed by atoms with E-state index in [4.69, 9.17) is 0 Å². The van der Waals surface area contributed by atoms with Crippen molar-refractivity contribution >= 4 is 11.8 Å². The average Bonchev–Trinajstić information content (AvgIpc) is 2.43. The van der Waals surface area contributed by atoms with Crippen molar-refractivity contribution in [2.75, 3.05) is 6.54 Å². The van der Waals surface area contributed by atoms with Crippen LogP contribution < -0.4 is 10.6 Å². The summed E-state index contributed by atoms with van der Waals surface area (Å²) in [6, 6.07) is 7.45. The Morgan fingerprint density at radius 3 is 2.71 bits per heavy atom. The summed E-state index contributed by atoms with van der Waals surface area (Å²) in [5, 5.41) is 5.64. The lowest BCUT2D eigenvalue weighted by Crippen LogP contribution is -2.27. The smallest absolute Gasteiger partial charge is 0.251 e. The van der Waals surface area contributed by atoms with Crippen LogP contribution in [-0.4, -0.2) is 18.4 Å². The molecule has 0 atom stereocenters. The first-order valence-corrected chi connectivity index (χ1v) is 7.34. The van der Waals surface area contributed by atoms with Gasteiger partial charge in [0, 0.05) is 24.2 Å². The third kappa shape index (κ3) is 6.75. The molecule has 114 valence electrons. The molecule has 4 nitrogen and oxygen atoms in total. The standard InChI is InChI=1S/C17H24N2O2/c1-4-7-14(3)19-16(20)10-6-11-18-17(21)15-9-5-8-13(2)12-15/h5,7-9,12H,4,6,10-11H2,1-3H3,(H,18,21)(H,19,20)/b14-7+. The van der Waals surface area contributed by atoms with E-state index in [2.05, 4.69) is 10.6 Å². The summed E-state index contributed by atoms with van der Waals surface area (Å²) in [5.41, 5.74) is 2.59. The molecule has 2 N–H and O–H groups in total. The molecule has 0 radical (unpaired) electrons. The van der Waals surface area contributed by atoms with Crippen molar-refractivity contribution in [2.45, 2.75) is 40.0 Å². The van der Waals surface area contributed by atoms with Crippen molar-refractivity contribution in [3.8, 4) is 0 Å². The van der Waals surface area contributed by atoms with Crippen molar-refractivity contribution < 1.29 is 9.59 Å². The first kappa shape index (κ1) is 17.0. The molecule has 0 saturated heterocycles. The summed E-state index contributed by atoms with van der Waals surface area (Å²) in [7, 11) is 0. The molecule has 2 amide bonds. The fourth-order valence-electron chi connectivity index (χ4n) is 1.98. The molecule has 1 rings (SSSR count). The molecule has 0 aliphatic heterocycles. The van der Waals surface area contributed by atoms with Crippen molar-refractivity contribution in [3.63, 3.8) is 0 Å². The number of amides is 2. The van der Waals surface area contributed by atoms with Gasteiger partial charge in [-0.05, 0) is 38.8 Å². The predicted molar refractivity (Wildman–Crippen MR) is 84.9 cm³/mol. The number of rotatable bonds is 7. The molecule has 4 heteroatoms. The van der Waals surface area contributed by atoms with Crippen LogP contribution in [0.4, 0.5) is 0 Å². The van der Waals surface area contributed by atoms with Gasteiger partial charge in [0.1, 0.15) is 0 Å². The molecule has 0 unspecified atom stereocenters. The Kier molecular flexibility index (Phi) is 7.23. The molecule has 0 aromatic heterocycles. The van der Waals surface area contributed by atoms with Crippen LogP contribution in [0, 0.1) is 6.92 Å². The van der Waals surface area contributed by atoms with Crippen molar-refractivity contribution in [1.29, 1.82) is 0 Å². The van der Waals surface area contributed by atoms with E-state index in [-0.39, 0.29) is 11.8 Å². The van der Waals surface area contributed by atoms with Gasteiger partial charge in [0.15, 0.2) is 0 Å². The number of benzene rings is 1. The molecule has 0 heterocycles. The van der Waals surface area contributed by atoms with Crippen LogP contribution in [0.1, 0.15) is 49.0 Å². The Morgan fingerprint density at radius 1 is 1.29 bits per heavy atom. The van der Waals surface area contributed by atoms with Gasteiger partial charge in [-0.25, -0.2) is 0 Å². The fraction of sp³-hybridized carbons (Fsp3) is 0.412. The highest BCUT2D eigenvalue weighted by atomic mass is 16.2. The number of hydrogen-bond donors (Lipinski definition) is 2. The van der Waals surface area contributed by atoms with Gasteiger partial charge in [-0.15, -0.1) is 0 Å². The summed E-state index contributed by atoms with van der Waals surface area (Å²) in [5.74, 6) is -0.108. The minimum absolute atomic E-state index is 0.0120. The zero-order valence-electron chi connectivity index (χ0n) is 13.0. The molecule has 0 fully saturated rings. The largest absolute Gasteiger partial charge is 0.352 e. The van der Waals surface area contributed by atoms with Gasteiger partial charge in [-0.3, -0.25) is 9.59 Å². The van der Waals surface area contributed by atoms with Crippen LogP contribution in [0.2, 0.25) is 0 Å². The molecular formula is C17H24N2O2. The number of carbonyl (C=O) groups is 2. The maximum absolute atomic E-state index is 11.9. The highest BCUT2D eigenvalue weighted by Crippen LogP contribution is 2.03. The summed E-state index contributed by atoms with van der Waals surface area (Å²) in [4.78, 5) is 23.5. The number of aryl methyl sites for hydroxylation is 1. The van der Waals surface area contributed by atoms with Gasteiger partial charge >= 0.3 is 0 Å². The van der Waals surface area contributed by atoms with Crippen LogP contribution in [0.15, 0.2) is 36.0 Å². The van der Waals surface area contributed by atoms with E-state index < -0.39 is 0 Å². The first-order valence-electron chi connectivity index (χ1n) is 7.34. The zero-order chi connectivity index (χ0) is 15.7. The van der Waals surface area contributed by atoms with Crippen molar-refractivity contribution in [1.82, 2.24) is 10.6 Å². The average molecular weight is 288 g/mol. The minimum Gasteiger partial charge on any atom is -0.352 e. The fourth-order valence-corrected chi connectivity index (χ4v) is 1.98. The van der Waals surface area contributed by atoms with Crippen LogP contribution in [0.3, 0.4) is 0 Å². The topological polar surface area (TPSA) is 58.2 Å². The third-order valence-corrected chi connectivity index (χ3v) is 2.99. The second-order valence-electron chi connectivity index (χ2n) is 5.07.